The Morgan fingerprint density at radius 3 is 2.55 bits per heavy atom. The molecule has 170 valence electrons. The number of carbonyl (C=O) groups is 2. The zero-order chi connectivity index (χ0) is 22.9. The van der Waals surface area contributed by atoms with Crippen LogP contribution in [0.5, 0.6) is 0 Å². The number of rotatable bonds is 8. The van der Waals surface area contributed by atoms with Gasteiger partial charge in [-0.05, 0) is 61.2 Å². The van der Waals surface area contributed by atoms with Crippen molar-refractivity contribution in [2.45, 2.75) is 30.7 Å². The molecule has 7 heteroatoms. The first kappa shape index (κ1) is 22.9. The van der Waals surface area contributed by atoms with Crippen LogP contribution in [0.4, 0.5) is 11.4 Å². The third-order valence-corrected chi connectivity index (χ3v) is 6.52. The summed E-state index contributed by atoms with van der Waals surface area (Å²) in [5, 5.41) is 5.94. The molecule has 1 aromatic heterocycles. The molecule has 1 aliphatic rings. The first-order valence-corrected chi connectivity index (χ1v) is 12.2. The minimum atomic E-state index is -0.158. The van der Waals surface area contributed by atoms with Crippen LogP contribution in [0.15, 0.2) is 78.0 Å². The molecule has 2 aromatic carbocycles. The van der Waals surface area contributed by atoms with E-state index in [1.165, 1.54) is 18.2 Å². The molecule has 0 unspecified atom stereocenters. The Morgan fingerprint density at radius 2 is 1.79 bits per heavy atom. The predicted octanol–water partition coefficient (Wildman–Crippen LogP) is 4.73. The third-order valence-electron chi connectivity index (χ3n) is 5.51. The number of benzene rings is 2. The molecule has 2 N–H and O–H groups in total. The smallest absolute Gasteiger partial charge is 0.253 e. The van der Waals surface area contributed by atoms with Gasteiger partial charge in [0.05, 0.1) is 11.3 Å². The molecule has 1 aliphatic heterocycles. The summed E-state index contributed by atoms with van der Waals surface area (Å²) in [5.74, 6) is 0.0472. The molecular formula is C26H28N4O2S. The van der Waals surface area contributed by atoms with Crippen LogP contribution in [-0.2, 0) is 11.3 Å². The van der Waals surface area contributed by atoms with Gasteiger partial charge in [-0.3, -0.25) is 14.6 Å². The van der Waals surface area contributed by atoms with Crippen LogP contribution in [0, 0.1) is 0 Å². The van der Waals surface area contributed by atoms with Gasteiger partial charge in [-0.25, -0.2) is 0 Å². The summed E-state index contributed by atoms with van der Waals surface area (Å²) in [6.07, 6.45) is 6.90. The first-order valence-electron chi connectivity index (χ1n) is 11.2. The molecule has 0 bridgehead atoms. The van der Waals surface area contributed by atoms with Crippen LogP contribution < -0.4 is 15.5 Å². The van der Waals surface area contributed by atoms with Gasteiger partial charge in [0.2, 0.25) is 5.91 Å². The summed E-state index contributed by atoms with van der Waals surface area (Å²) >= 11 is 1.48. The topological polar surface area (TPSA) is 74.3 Å². The van der Waals surface area contributed by atoms with Crippen LogP contribution in [0.2, 0.25) is 0 Å². The average molecular weight is 461 g/mol. The average Bonchev–Trinajstić information content (AvgIpc) is 2.88. The Morgan fingerprint density at radius 1 is 0.970 bits per heavy atom. The normalized spacial score (nSPS) is 13.4. The molecule has 2 amide bonds. The van der Waals surface area contributed by atoms with E-state index in [2.05, 4.69) is 20.5 Å². The van der Waals surface area contributed by atoms with Gasteiger partial charge >= 0.3 is 0 Å². The zero-order valence-corrected chi connectivity index (χ0v) is 19.3. The van der Waals surface area contributed by atoms with E-state index in [9.17, 15) is 9.59 Å². The van der Waals surface area contributed by atoms with Crippen molar-refractivity contribution < 1.29 is 9.59 Å². The van der Waals surface area contributed by atoms with E-state index in [0.717, 1.165) is 42.1 Å². The number of pyridine rings is 1. The molecule has 1 saturated heterocycles. The van der Waals surface area contributed by atoms with E-state index < -0.39 is 0 Å². The lowest BCUT2D eigenvalue weighted by Crippen LogP contribution is -2.32. The fourth-order valence-electron chi connectivity index (χ4n) is 3.85. The molecule has 0 atom stereocenters. The number of aromatic nitrogens is 1. The summed E-state index contributed by atoms with van der Waals surface area (Å²) in [4.78, 5) is 33.1. The molecule has 0 saturated carbocycles. The number of hydrogen-bond acceptors (Lipinski definition) is 5. The van der Waals surface area contributed by atoms with Crippen molar-refractivity contribution in [2.24, 2.45) is 0 Å². The summed E-state index contributed by atoms with van der Waals surface area (Å²) in [7, 11) is 0. The van der Waals surface area contributed by atoms with Gasteiger partial charge in [0.1, 0.15) is 0 Å². The molecule has 2 heterocycles. The summed E-state index contributed by atoms with van der Waals surface area (Å²) in [6, 6.07) is 19.2. The number of anilines is 2. The molecule has 4 rings (SSSR count). The van der Waals surface area contributed by atoms with Gasteiger partial charge in [0, 0.05) is 48.3 Å². The summed E-state index contributed by atoms with van der Waals surface area (Å²) < 4.78 is 0. The molecule has 0 spiro atoms. The zero-order valence-electron chi connectivity index (χ0n) is 18.5. The largest absolute Gasteiger partial charge is 0.371 e. The van der Waals surface area contributed by atoms with Gasteiger partial charge < -0.3 is 15.5 Å². The minimum absolute atomic E-state index is 0.101. The van der Waals surface area contributed by atoms with E-state index in [1.807, 2.05) is 54.6 Å². The second kappa shape index (κ2) is 11.5. The van der Waals surface area contributed by atoms with E-state index in [1.54, 1.807) is 18.5 Å². The van der Waals surface area contributed by atoms with Crippen LogP contribution in [-0.4, -0.2) is 35.6 Å². The summed E-state index contributed by atoms with van der Waals surface area (Å²) in [5.41, 5.74) is 3.05. The van der Waals surface area contributed by atoms with Crippen molar-refractivity contribution in [1.82, 2.24) is 10.3 Å². The van der Waals surface area contributed by atoms with Gasteiger partial charge in [0.15, 0.2) is 0 Å². The van der Waals surface area contributed by atoms with Crippen molar-refractivity contribution in [1.29, 1.82) is 0 Å². The predicted molar refractivity (Wildman–Crippen MR) is 134 cm³/mol. The maximum atomic E-state index is 13.2. The number of piperidine rings is 1. The van der Waals surface area contributed by atoms with Crippen LogP contribution >= 0.6 is 11.8 Å². The van der Waals surface area contributed by atoms with Crippen molar-refractivity contribution >= 4 is 35.0 Å². The second-order valence-electron chi connectivity index (χ2n) is 7.97. The Balaban J connectivity index is 1.47. The van der Waals surface area contributed by atoms with Crippen molar-refractivity contribution in [3.63, 3.8) is 0 Å². The van der Waals surface area contributed by atoms with Crippen LogP contribution in [0.1, 0.15) is 35.2 Å². The van der Waals surface area contributed by atoms with E-state index in [0.29, 0.717) is 23.5 Å². The first-order chi connectivity index (χ1) is 16.2. The van der Waals surface area contributed by atoms with Crippen molar-refractivity contribution in [3.05, 3.63) is 84.2 Å². The summed E-state index contributed by atoms with van der Waals surface area (Å²) in [6.45, 7) is 2.26. The molecule has 0 radical (unpaired) electrons. The van der Waals surface area contributed by atoms with Gasteiger partial charge in [0.25, 0.3) is 5.91 Å². The van der Waals surface area contributed by atoms with Crippen LogP contribution in [0.3, 0.4) is 0 Å². The number of nitrogens with zero attached hydrogens (tertiary/aromatic N) is 2. The third kappa shape index (κ3) is 6.58. The molecule has 0 aliphatic carbocycles. The van der Waals surface area contributed by atoms with E-state index in [-0.39, 0.29) is 11.8 Å². The molecule has 33 heavy (non-hydrogen) atoms. The monoisotopic (exact) mass is 460 g/mol. The van der Waals surface area contributed by atoms with Gasteiger partial charge in [-0.15, -0.1) is 11.8 Å². The van der Waals surface area contributed by atoms with E-state index >= 15 is 0 Å². The Hall–Kier alpha value is -3.32. The van der Waals surface area contributed by atoms with Gasteiger partial charge in [-0.1, -0.05) is 24.3 Å². The van der Waals surface area contributed by atoms with E-state index in [4.69, 9.17) is 0 Å². The quantitative estimate of drug-likeness (QED) is 0.475. The fourth-order valence-corrected chi connectivity index (χ4v) is 4.57. The minimum Gasteiger partial charge on any atom is -0.371 e. The lowest BCUT2D eigenvalue weighted by Gasteiger charge is -2.30. The maximum Gasteiger partial charge on any atom is 0.253 e. The maximum absolute atomic E-state index is 13.2. The van der Waals surface area contributed by atoms with Crippen molar-refractivity contribution in [3.8, 4) is 0 Å². The highest BCUT2D eigenvalue weighted by molar-refractivity contribution is 8.00. The Labute approximate surface area is 198 Å². The second-order valence-corrected chi connectivity index (χ2v) is 9.02. The number of hydrogen-bond donors (Lipinski definition) is 2. The molecule has 1 fully saturated rings. The highest BCUT2D eigenvalue weighted by Gasteiger charge is 2.20. The molecule has 3 aromatic rings. The Kier molecular flexibility index (Phi) is 7.98. The standard InChI is InChI=1S/C26H28N4O2S/c31-25(19-33-22-9-3-1-4-10-22)29-21-11-12-24(30-14-5-2-6-15-30)23(16-21)26(32)28-18-20-8-7-13-27-17-20/h1,3-4,7-13,16-17H,2,5-6,14-15,18-19H2,(H,28,32)(H,29,31). The van der Waals surface area contributed by atoms with Gasteiger partial charge in [-0.2, -0.15) is 0 Å². The van der Waals surface area contributed by atoms with Crippen molar-refractivity contribution in [2.75, 3.05) is 29.1 Å². The molecular weight excluding hydrogens is 432 g/mol. The number of nitrogens with one attached hydrogen (secondary N) is 2. The highest BCUT2D eigenvalue weighted by atomic mass is 32.2. The Bertz CT molecular complexity index is 1070. The lowest BCUT2D eigenvalue weighted by molar-refractivity contribution is -0.113. The van der Waals surface area contributed by atoms with Crippen LogP contribution in [0.25, 0.3) is 0 Å². The number of thioether (sulfide) groups is 1. The number of carbonyl (C=O) groups excluding carboxylic acids is 2. The number of amides is 2. The lowest BCUT2D eigenvalue weighted by atomic mass is 10.1. The SMILES string of the molecule is O=C(CSc1ccccc1)Nc1ccc(N2CCCCC2)c(C(=O)NCc2cccnc2)c1. The molecule has 6 nitrogen and oxygen atoms in total. The highest BCUT2D eigenvalue weighted by Crippen LogP contribution is 2.28. The fraction of sp³-hybridized carbons (Fsp3) is 0.269.